The molecule has 0 saturated carbocycles. The van der Waals surface area contributed by atoms with Gasteiger partial charge in [0.05, 0.1) is 11.1 Å². The van der Waals surface area contributed by atoms with Crippen LogP contribution in [0.5, 0.6) is 5.75 Å². The van der Waals surface area contributed by atoms with Gasteiger partial charge in [-0.3, -0.25) is 4.79 Å². The molecule has 1 fully saturated rings. The molecule has 1 heterocycles. The number of carbonyl (C=O) groups is 1. The Morgan fingerprint density at radius 1 is 1.50 bits per heavy atom. The Morgan fingerprint density at radius 3 is 2.69 bits per heavy atom. The van der Waals surface area contributed by atoms with Gasteiger partial charge in [-0.2, -0.15) is 0 Å². The summed E-state index contributed by atoms with van der Waals surface area (Å²) >= 11 is 0. The van der Waals surface area contributed by atoms with Gasteiger partial charge < -0.3 is 15.7 Å². The summed E-state index contributed by atoms with van der Waals surface area (Å²) in [6, 6.07) is 6.58. The number of phenols is 1. The molecular weight excluding hydrogens is 204 g/mol. The first kappa shape index (κ1) is 11.0. The number of nitrogens with zero attached hydrogens (tertiary/aromatic N) is 1. The highest BCUT2D eigenvalue weighted by molar-refractivity contribution is 5.97. The number of amides is 1. The molecule has 0 bridgehead atoms. The van der Waals surface area contributed by atoms with Crippen LogP contribution in [0, 0.1) is 0 Å². The molecule has 3 N–H and O–H groups in total. The van der Waals surface area contributed by atoms with Crippen LogP contribution < -0.4 is 5.73 Å². The maximum Gasteiger partial charge on any atom is 0.257 e. The van der Waals surface area contributed by atoms with Crippen LogP contribution in [0.4, 0.5) is 0 Å². The lowest BCUT2D eigenvalue weighted by Gasteiger charge is -2.47. The summed E-state index contributed by atoms with van der Waals surface area (Å²) in [4.78, 5) is 13.6. The summed E-state index contributed by atoms with van der Waals surface area (Å²) in [6.45, 7) is 3.15. The first-order valence-electron chi connectivity index (χ1n) is 5.42. The van der Waals surface area contributed by atoms with Crippen LogP contribution in [0.25, 0.3) is 0 Å². The third-order valence-corrected chi connectivity index (χ3v) is 3.14. The van der Waals surface area contributed by atoms with E-state index in [4.69, 9.17) is 5.73 Å². The van der Waals surface area contributed by atoms with Crippen molar-refractivity contribution >= 4 is 5.91 Å². The molecule has 1 amide bonds. The van der Waals surface area contributed by atoms with Gasteiger partial charge in [0.1, 0.15) is 5.75 Å². The van der Waals surface area contributed by atoms with E-state index in [1.807, 2.05) is 6.92 Å². The normalized spacial score (nSPS) is 18.0. The van der Waals surface area contributed by atoms with Crippen molar-refractivity contribution in [2.24, 2.45) is 5.73 Å². The number of benzene rings is 1. The highest BCUT2D eigenvalue weighted by Gasteiger charge is 2.40. The molecule has 1 saturated heterocycles. The van der Waals surface area contributed by atoms with E-state index in [9.17, 15) is 9.90 Å². The van der Waals surface area contributed by atoms with Gasteiger partial charge in [0, 0.05) is 13.1 Å². The van der Waals surface area contributed by atoms with E-state index in [0.29, 0.717) is 18.7 Å². The predicted molar refractivity (Wildman–Crippen MR) is 61.2 cm³/mol. The summed E-state index contributed by atoms with van der Waals surface area (Å²) in [5.41, 5.74) is 6.10. The fraction of sp³-hybridized carbons (Fsp3) is 0.417. The topological polar surface area (TPSA) is 66.6 Å². The van der Waals surface area contributed by atoms with Gasteiger partial charge in [0.2, 0.25) is 0 Å². The zero-order valence-electron chi connectivity index (χ0n) is 9.31. The monoisotopic (exact) mass is 220 g/mol. The van der Waals surface area contributed by atoms with Gasteiger partial charge in [-0.05, 0) is 18.6 Å². The van der Waals surface area contributed by atoms with E-state index in [2.05, 4.69) is 0 Å². The number of para-hydroxylation sites is 1. The minimum absolute atomic E-state index is 0.0264. The molecule has 2 rings (SSSR count). The first-order valence-corrected chi connectivity index (χ1v) is 5.42. The molecule has 1 aliphatic heterocycles. The second-order valence-electron chi connectivity index (χ2n) is 4.39. The second kappa shape index (κ2) is 3.79. The Kier molecular flexibility index (Phi) is 2.59. The van der Waals surface area contributed by atoms with Crippen molar-refractivity contribution in [3.8, 4) is 5.75 Å². The molecule has 86 valence electrons. The maximum absolute atomic E-state index is 12.0. The molecule has 0 aliphatic carbocycles. The molecule has 0 spiro atoms. The van der Waals surface area contributed by atoms with Crippen molar-refractivity contribution in [1.29, 1.82) is 0 Å². The van der Waals surface area contributed by atoms with Crippen LogP contribution in [0.1, 0.15) is 23.7 Å². The number of hydrogen-bond acceptors (Lipinski definition) is 3. The Balaban J connectivity index is 2.09. The van der Waals surface area contributed by atoms with Gasteiger partial charge in [0.15, 0.2) is 0 Å². The lowest BCUT2D eigenvalue weighted by Crippen LogP contribution is -2.68. The molecule has 0 unspecified atom stereocenters. The average Bonchev–Trinajstić information content (AvgIpc) is 2.24. The number of hydrogen-bond donors (Lipinski definition) is 2. The molecule has 0 atom stereocenters. The summed E-state index contributed by atoms with van der Waals surface area (Å²) in [5.74, 6) is -0.119. The van der Waals surface area contributed by atoms with Crippen LogP contribution >= 0.6 is 0 Å². The van der Waals surface area contributed by atoms with Crippen molar-refractivity contribution in [3.63, 3.8) is 0 Å². The summed E-state index contributed by atoms with van der Waals surface area (Å²) in [6.07, 6.45) is 0.859. The SMILES string of the molecule is CCC1(N)CN(C(=O)c2ccccc2O)C1. The van der Waals surface area contributed by atoms with E-state index < -0.39 is 0 Å². The minimum Gasteiger partial charge on any atom is -0.507 e. The van der Waals surface area contributed by atoms with Gasteiger partial charge >= 0.3 is 0 Å². The average molecular weight is 220 g/mol. The van der Waals surface area contributed by atoms with Gasteiger partial charge in [-0.1, -0.05) is 19.1 Å². The van der Waals surface area contributed by atoms with Crippen LogP contribution in [-0.4, -0.2) is 34.5 Å². The van der Waals surface area contributed by atoms with Crippen LogP contribution in [0.15, 0.2) is 24.3 Å². The van der Waals surface area contributed by atoms with E-state index in [1.165, 1.54) is 6.07 Å². The molecule has 0 aromatic heterocycles. The van der Waals surface area contributed by atoms with Crippen molar-refractivity contribution in [2.45, 2.75) is 18.9 Å². The van der Waals surface area contributed by atoms with Crippen molar-refractivity contribution in [2.75, 3.05) is 13.1 Å². The quantitative estimate of drug-likeness (QED) is 0.780. The standard InChI is InChI=1S/C12H16N2O2/c1-2-12(13)7-14(8-12)11(16)9-5-3-4-6-10(9)15/h3-6,15H,2,7-8,13H2,1H3. The lowest BCUT2D eigenvalue weighted by molar-refractivity contribution is 0.0398. The third-order valence-electron chi connectivity index (χ3n) is 3.14. The molecule has 1 aromatic rings. The van der Waals surface area contributed by atoms with E-state index in [-0.39, 0.29) is 17.2 Å². The van der Waals surface area contributed by atoms with Gasteiger partial charge in [-0.25, -0.2) is 0 Å². The molecular formula is C12H16N2O2. The van der Waals surface area contributed by atoms with E-state index in [1.54, 1.807) is 23.1 Å². The van der Waals surface area contributed by atoms with Crippen LogP contribution in [0.2, 0.25) is 0 Å². The number of phenolic OH excluding ortho intramolecular Hbond substituents is 1. The highest BCUT2D eigenvalue weighted by atomic mass is 16.3. The maximum atomic E-state index is 12.0. The van der Waals surface area contributed by atoms with E-state index >= 15 is 0 Å². The number of aromatic hydroxyl groups is 1. The number of rotatable bonds is 2. The van der Waals surface area contributed by atoms with Crippen LogP contribution in [-0.2, 0) is 0 Å². The molecule has 4 heteroatoms. The molecule has 4 nitrogen and oxygen atoms in total. The summed E-state index contributed by atoms with van der Waals surface area (Å²) < 4.78 is 0. The molecule has 1 aliphatic rings. The Labute approximate surface area is 94.7 Å². The largest absolute Gasteiger partial charge is 0.507 e. The molecule has 16 heavy (non-hydrogen) atoms. The number of likely N-dealkylation sites (tertiary alicyclic amines) is 1. The fourth-order valence-electron chi connectivity index (χ4n) is 1.91. The van der Waals surface area contributed by atoms with Gasteiger partial charge in [-0.15, -0.1) is 0 Å². The zero-order valence-corrected chi connectivity index (χ0v) is 9.31. The Bertz CT molecular complexity index is 411. The fourth-order valence-corrected chi connectivity index (χ4v) is 1.91. The summed E-state index contributed by atoms with van der Waals surface area (Å²) in [7, 11) is 0. The van der Waals surface area contributed by atoms with Crippen molar-refractivity contribution in [3.05, 3.63) is 29.8 Å². The molecule has 0 radical (unpaired) electrons. The predicted octanol–water partition coefficient (Wildman–Crippen LogP) is 0.955. The number of carbonyl (C=O) groups excluding carboxylic acids is 1. The van der Waals surface area contributed by atoms with Crippen molar-refractivity contribution < 1.29 is 9.90 Å². The number of nitrogens with two attached hydrogens (primary N) is 1. The van der Waals surface area contributed by atoms with Gasteiger partial charge in [0.25, 0.3) is 5.91 Å². The smallest absolute Gasteiger partial charge is 0.257 e. The van der Waals surface area contributed by atoms with E-state index in [0.717, 1.165) is 6.42 Å². The summed E-state index contributed by atoms with van der Waals surface area (Å²) in [5, 5.41) is 9.56. The minimum atomic E-state index is -0.236. The Morgan fingerprint density at radius 2 is 2.12 bits per heavy atom. The Hall–Kier alpha value is -1.55. The lowest BCUT2D eigenvalue weighted by atomic mass is 9.87. The first-order chi connectivity index (χ1) is 7.56. The van der Waals surface area contributed by atoms with Crippen LogP contribution in [0.3, 0.4) is 0 Å². The van der Waals surface area contributed by atoms with Crippen molar-refractivity contribution in [1.82, 2.24) is 4.90 Å². The second-order valence-corrected chi connectivity index (χ2v) is 4.39. The third kappa shape index (κ3) is 1.76. The zero-order chi connectivity index (χ0) is 11.8. The molecule has 1 aromatic carbocycles. The highest BCUT2D eigenvalue weighted by Crippen LogP contribution is 2.26.